The summed E-state index contributed by atoms with van der Waals surface area (Å²) in [6.07, 6.45) is 0.0182. The van der Waals surface area contributed by atoms with Crippen LogP contribution in [-0.4, -0.2) is 14.3 Å². The summed E-state index contributed by atoms with van der Waals surface area (Å²) in [7, 11) is -3.90. The highest BCUT2D eigenvalue weighted by Gasteiger charge is 2.13. The molecule has 7 nitrogen and oxygen atoms in total. The van der Waals surface area contributed by atoms with Gasteiger partial charge in [-0.3, -0.25) is 4.79 Å². The number of primary sulfonamides is 1. The summed E-state index contributed by atoms with van der Waals surface area (Å²) >= 11 is 12.1. The maximum Gasteiger partial charge on any atom is 0.238 e. The number of sulfonamides is 1. The second-order valence-electron chi connectivity index (χ2n) is 6.96. The summed E-state index contributed by atoms with van der Waals surface area (Å²) in [6.45, 7) is 1.86. The van der Waals surface area contributed by atoms with Crippen LogP contribution in [-0.2, 0) is 21.2 Å². The highest BCUT2D eigenvalue weighted by Crippen LogP contribution is 2.28. The van der Waals surface area contributed by atoms with Gasteiger partial charge in [0.25, 0.3) is 0 Å². The van der Waals surface area contributed by atoms with Crippen LogP contribution in [0.1, 0.15) is 16.7 Å². The Hall–Kier alpha value is -3.09. The van der Waals surface area contributed by atoms with Gasteiger partial charge in [-0.1, -0.05) is 29.3 Å². The van der Waals surface area contributed by atoms with Gasteiger partial charge in [-0.2, -0.15) is 5.26 Å². The van der Waals surface area contributed by atoms with Crippen LogP contribution in [0.15, 0.2) is 59.5 Å². The van der Waals surface area contributed by atoms with Crippen LogP contribution in [0.4, 0.5) is 5.69 Å². The van der Waals surface area contributed by atoms with E-state index in [2.05, 4.69) is 5.32 Å². The van der Waals surface area contributed by atoms with Gasteiger partial charge < -0.3 is 10.1 Å². The zero-order valence-electron chi connectivity index (χ0n) is 16.7. The molecule has 0 bridgehead atoms. The van der Waals surface area contributed by atoms with E-state index in [4.69, 9.17) is 38.3 Å². The number of nitrogens with one attached hydrogen (secondary N) is 1. The standard InChI is InChI=1S/C22H17Cl2N3O4S/c1-13-4-14(7-17(5-13)31-18-8-15(12-25)6-16(23)10-18)9-22(28)27-21-3-2-19(11-20(21)24)32(26,29)30/h2-8,10-11H,9H2,1H3,(H,27,28)(H2,26,29,30). The van der Waals surface area contributed by atoms with Gasteiger partial charge in [0.1, 0.15) is 11.5 Å². The molecule has 0 aliphatic heterocycles. The number of nitriles is 1. The van der Waals surface area contributed by atoms with E-state index >= 15 is 0 Å². The number of benzene rings is 3. The second kappa shape index (κ2) is 9.59. The lowest BCUT2D eigenvalue weighted by atomic mass is 10.1. The van der Waals surface area contributed by atoms with Crippen LogP contribution in [0.25, 0.3) is 0 Å². The molecule has 1 amide bonds. The molecule has 164 valence electrons. The fourth-order valence-corrected chi connectivity index (χ4v) is 4.02. The Balaban J connectivity index is 1.76. The Morgan fingerprint density at radius 3 is 2.47 bits per heavy atom. The molecule has 0 atom stereocenters. The summed E-state index contributed by atoms with van der Waals surface area (Å²) in [5, 5.41) is 17.2. The van der Waals surface area contributed by atoms with Crippen molar-refractivity contribution in [1.29, 1.82) is 5.26 Å². The number of nitrogens with two attached hydrogens (primary N) is 1. The summed E-state index contributed by atoms with van der Waals surface area (Å²) in [5.41, 5.74) is 2.17. The summed E-state index contributed by atoms with van der Waals surface area (Å²) in [6, 6.07) is 15.8. The second-order valence-corrected chi connectivity index (χ2v) is 9.36. The molecule has 0 radical (unpaired) electrons. The molecule has 0 saturated heterocycles. The molecule has 3 rings (SSSR count). The molecular weight excluding hydrogens is 473 g/mol. The smallest absolute Gasteiger partial charge is 0.238 e. The number of aryl methyl sites for hydroxylation is 1. The largest absolute Gasteiger partial charge is 0.457 e. The van der Waals surface area contributed by atoms with Crippen molar-refractivity contribution in [3.63, 3.8) is 0 Å². The van der Waals surface area contributed by atoms with Crippen molar-refractivity contribution < 1.29 is 17.9 Å². The molecule has 3 aromatic carbocycles. The van der Waals surface area contributed by atoms with Crippen LogP contribution in [0.5, 0.6) is 11.5 Å². The number of rotatable bonds is 6. The highest BCUT2D eigenvalue weighted by molar-refractivity contribution is 7.89. The summed E-state index contributed by atoms with van der Waals surface area (Å²) in [5.74, 6) is 0.521. The maximum atomic E-state index is 12.5. The lowest BCUT2D eigenvalue weighted by Crippen LogP contribution is -2.16. The monoisotopic (exact) mass is 489 g/mol. The third-order valence-electron chi connectivity index (χ3n) is 4.25. The number of amides is 1. The molecule has 0 aromatic heterocycles. The SMILES string of the molecule is Cc1cc(CC(=O)Nc2ccc(S(N)(=O)=O)cc2Cl)cc(Oc2cc(Cl)cc(C#N)c2)c1. The van der Waals surface area contributed by atoms with Crippen LogP contribution >= 0.6 is 23.2 Å². The van der Waals surface area contributed by atoms with Crippen molar-refractivity contribution in [2.45, 2.75) is 18.2 Å². The van der Waals surface area contributed by atoms with Gasteiger partial charge in [0.2, 0.25) is 15.9 Å². The fraction of sp³-hybridized carbons (Fsp3) is 0.0909. The van der Waals surface area contributed by atoms with Crippen molar-refractivity contribution in [3.8, 4) is 17.6 Å². The predicted molar refractivity (Wildman–Crippen MR) is 123 cm³/mol. The Bertz CT molecular complexity index is 1350. The van der Waals surface area contributed by atoms with E-state index in [-0.39, 0.29) is 27.9 Å². The number of carbonyl (C=O) groups excluding carboxylic acids is 1. The van der Waals surface area contributed by atoms with Crippen molar-refractivity contribution in [1.82, 2.24) is 0 Å². The van der Waals surface area contributed by atoms with Gasteiger partial charge in [-0.15, -0.1) is 0 Å². The van der Waals surface area contributed by atoms with E-state index in [0.29, 0.717) is 27.6 Å². The topological polar surface area (TPSA) is 122 Å². The molecule has 0 aliphatic rings. The highest BCUT2D eigenvalue weighted by atomic mass is 35.5. The fourth-order valence-electron chi connectivity index (χ4n) is 2.96. The Kier molecular flexibility index (Phi) is 7.06. The van der Waals surface area contributed by atoms with Crippen LogP contribution < -0.4 is 15.2 Å². The summed E-state index contributed by atoms with van der Waals surface area (Å²) in [4.78, 5) is 12.4. The Morgan fingerprint density at radius 2 is 1.81 bits per heavy atom. The molecule has 32 heavy (non-hydrogen) atoms. The molecule has 0 fully saturated rings. The third-order valence-corrected chi connectivity index (χ3v) is 5.70. The molecule has 3 N–H and O–H groups in total. The average Bonchev–Trinajstić information content (AvgIpc) is 2.67. The van der Waals surface area contributed by atoms with Gasteiger partial charge in [0, 0.05) is 5.02 Å². The lowest BCUT2D eigenvalue weighted by molar-refractivity contribution is -0.115. The lowest BCUT2D eigenvalue weighted by Gasteiger charge is -2.11. The van der Waals surface area contributed by atoms with Gasteiger partial charge >= 0.3 is 0 Å². The van der Waals surface area contributed by atoms with E-state index in [1.807, 2.05) is 19.1 Å². The van der Waals surface area contributed by atoms with E-state index < -0.39 is 10.0 Å². The molecule has 0 spiro atoms. The third kappa shape index (κ3) is 6.22. The first kappa shape index (κ1) is 23.6. The van der Waals surface area contributed by atoms with Crippen LogP contribution in [0.2, 0.25) is 10.0 Å². The minimum absolute atomic E-state index is 0.0182. The summed E-state index contributed by atoms with van der Waals surface area (Å²) < 4.78 is 28.6. The number of anilines is 1. The molecule has 0 aliphatic carbocycles. The minimum atomic E-state index is -3.90. The predicted octanol–water partition coefficient (Wildman–Crippen LogP) is 4.79. The first-order valence-corrected chi connectivity index (χ1v) is 11.4. The Labute approximate surface area is 195 Å². The van der Waals surface area contributed by atoms with E-state index in [0.717, 1.165) is 5.56 Å². The zero-order valence-corrected chi connectivity index (χ0v) is 19.1. The van der Waals surface area contributed by atoms with Gasteiger partial charge in [0.05, 0.1) is 33.7 Å². The number of halogens is 2. The number of nitrogens with zero attached hydrogens (tertiary/aromatic N) is 1. The van der Waals surface area contributed by atoms with Gasteiger partial charge in [0.15, 0.2) is 0 Å². The van der Waals surface area contributed by atoms with E-state index in [1.54, 1.807) is 24.3 Å². The van der Waals surface area contributed by atoms with Crippen LogP contribution in [0, 0.1) is 18.3 Å². The number of hydrogen-bond acceptors (Lipinski definition) is 5. The molecular formula is C22H17Cl2N3O4S. The van der Waals surface area contributed by atoms with E-state index in [1.165, 1.54) is 24.3 Å². The molecule has 0 unspecified atom stereocenters. The molecule has 0 heterocycles. The van der Waals surface area contributed by atoms with E-state index in [9.17, 15) is 13.2 Å². The number of carbonyl (C=O) groups is 1. The maximum absolute atomic E-state index is 12.5. The minimum Gasteiger partial charge on any atom is -0.457 e. The molecule has 0 saturated carbocycles. The van der Waals surface area contributed by atoms with Gasteiger partial charge in [-0.25, -0.2) is 13.6 Å². The zero-order chi connectivity index (χ0) is 23.5. The van der Waals surface area contributed by atoms with Crippen molar-refractivity contribution >= 4 is 44.8 Å². The first-order chi connectivity index (χ1) is 15.0. The first-order valence-electron chi connectivity index (χ1n) is 9.15. The molecule has 10 heteroatoms. The quantitative estimate of drug-likeness (QED) is 0.514. The normalized spacial score (nSPS) is 11.0. The van der Waals surface area contributed by atoms with Crippen molar-refractivity contribution in [3.05, 3.63) is 81.3 Å². The number of ether oxygens (including phenoxy) is 1. The van der Waals surface area contributed by atoms with Crippen LogP contribution in [0.3, 0.4) is 0 Å². The van der Waals surface area contributed by atoms with Crippen molar-refractivity contribution in [2.75, 3.05) is 5.32 Å². The average molecular weight is 490 g/mol. The van der Waals surface area contributed by atoms with Gasteiger partial charge in [-0.05, 0) is 66.6 Å². The van der Waals surface area contributed by atoms with Crippen molar-refractivity contribution in [2.24, 2.45) is 5.14 Å². The Morgan fingerprint density at radius 1 is 1.09 bits per heavy atom. The number of hydrogen-bond donors (Lipinski definition) is 2. The molecule has 3 aromatic rings.